The van der Waals surface area contributed by atoms with Gasteiger partial charge in [-0.15, -0.1) is 0 Å². The fourth-order valence-corrected chi connectivity index (χ4v) is 6.31. The second-order valence-corrected chi connectivity index (χ2v) is 15.1. The highest BCUT2D eigenvalue weighted by Gasteiger charge is 2.45. The Morgan fingerprint density at radius 1 is 0.883 bits per heavy atom. The van der Waals surface area contributed by atoms with E-state index in [4.69, 9.17) is 23.7 Å². The predicted molar refractivity (Wildman–Crippen MR) is 229 cm³/mol. The molecule has 8 unspecified atom stereocenters. The van der Waals surface area contributed by atoms with Crippen LogP contribution >= 0.6 is 0 Å². The number of carbonyl (C=O) groups is 3. The SMILES string of the molecule is CO[C@@H]1[C@H](O)[C@@H](OC)[C@H](OC(C)C(O)/C=C/C=C/C=C/C(=O)C(C)C(O)C(C)C2C/C=C/C=C/C=C/C(O)C(=O)/C(C)=C/C=C/C(C)=C/C(O)/C(C)=C\CC(=O)O2)O[C@@H]1C. The van der Waals surface area contributed by atoms with E-state index in [0.717, 1.165) is 0 Å². The van der Waals surface area contributed by atoms with Gasteiger partial charge in [0.15, 0.2) is 17.9 Å². The second kappa shape index (κ2) is 26.9. The van der Waals surface area contributed by atoms with E-state index in [1.165, 1.54) is 44.6 Å². The van der Waals surface area contributed by atoms with Crippen molar-refractivity contribution in [1.29, 1.82) is 0 Å². The number of allylic oxidation sites excluding steroid dienone is 13. The Hall–Kier alpha value is -4.15. The second-order valence-electron chi connectivity index (χ2n) is 15.1. The fraction of sp³-hybridized carbons (Fsp3) is 0.511. The van der Waals surface area contributed by atoms with E-state index in [0.29, 0.717) is 16.7 Å². The molecule has 332 valence electrons. The third-order valence-electron chi connectivity index (χ3n) is 10.4. The summed E-state index contributed by atoms with van der Waals surface area (Å²) < 4.78 is 28.2. The zero-order valence-electron chi connectivity index (χ0n) is 36.2. The van der Waals surface area contributed by atoms with Crippen molar-refractivity contribution >= 4 is 17.5 Å². The Bertz CT molecular complexity index is 1700. The highest BCUT2D eigenvalue weighted by atomic mass is 16.7. The Labute approximate surface area is 355 Å². The van der Waals surface area contributed by atoms with Gasteiger partial charge >= 0.3 is 5.97 Å². The smallest absolute Gasteiger partial charge is 0.309 e. The summed E-state index contributed by atoms with van der Waals surface area (Å²) in [5, 5.41) is 53.5. The van der Waals surface area contributed by atoms with Gasteiger partial charge < -0.3 is 49.2 Å². The maximum absolute atomic E-state index is 13.1. The molecule has 0 aliphatic carbocycles. The van der Waals surface area contributed by atoms with Crippen LogP contribution in [0.2, 0.25) is 0 Å². The van der Waals surface area contributed by atoms with Gasteiger partial charge in [-0.3, -0.25) is 14.4 Å². The first-order valence-electron chi connectivity index (χ1n) is 20.2. The minimum Gasteiger partial charge on any atom is -0.461 e. The summed E-state index contributed by atoms with van der Waals surface area (Å²) in [6.07, 6.45) is 17.1. The van der Waals surface area contributed by atoms with Gasteiger partial charge in [-0.05, 0) is 64.0 Å². The van der Waals surface area contributed by atoms with Crippen LogP contribution in [0, 0.1) is 11.8 Å². The number of Topliss-reactive ketones (excluding diaryl/α,β-unsaturated/α-hetero) is 1. The van der Waals surface area contributed by atoms with Crippen LogP contribution in [0.3, 0.4) is 0 Å². The van der Waals surface area contributed by atoms with Gasteiger partial charge in [0.1, 0.15) is 30.5 Å². The molecule has 2 heterocycles. The summed E-state index contributed by atoms with van der Waals surface area (Å²) in [6.45, 7) is 11.8. The highest BCUT2D eigenvalue weighted by molar-refractivity contribution is 5.99. The van der Waals surface area contributed by atoms with Crippen molar-refractivity contribution in [3.05, 3.63) is 120 Å². The van der Waals surface area contributed by atoms with Crippen molar-refractivity contribution in [2.45, 2.75) is 129 Å². The first-order chi connectivity index (χ1) is 28.4. The zero-order chi connectivity index (χ0) is 44.9. The molecule has 13 heteroatoms. The lowest BCUT2D eigenvalue weighted by atomic mass is 9.85. The van der Waals surface area contributed by atoms with Crippen molar-refractivity contribution in [3.63, 3.8) is 0 Å². The highest BCUT2D eigenvalue weighted by Crippen LogP contribution is 2.27. The molecule has 60 heavy (non-hydrogen) atoms. The standard InChI is InChI=1S/C47H66O13/c1-29-20-19-21-31(3)42(53)38(50)24-17-11-10-12-18-25-40(60-41(52)27-26-30(2)39(51)28-29)33(5)43(54)32(4)36(48)22-15-13-14-16-23-37(49)34(6)58-47-46(57-9)44(55)45(56-8)35(7)59-47/h10-24,26,28,32-35,37-40,43-47,49-51,54-55H,25,27H2,1-9H3/b11-10+,14-13+,18-12+,20-19+,22-15+,23-16+,24-17+,29-28+,30-26-,31-21+/t32?,33?,34?,35-,37?,38?,39?,40?,43?,44+,45+,46-,47-/m1/s1. The van der Waals surface area contributed by atoms with E-state index in [1.807, 2.05) is 0 Å². The topological polar surface area (TPSA) is 199 Å². The molecular weight excluding hydrogens is 773 g/mol. The van der Waals surface area contributed by atoms with E-state index in [2.05, 4.69) is 0 Å². The Kier molecular flexibility index (Phi) is 23.3. The van der Waals surface area contributed by atoms with Gasteiger partial charge in [0.25, 0.3) is 0 Å². The molecule has 0 aromatic carbocycles. The lowest BCUT2D eigenvalue weighted by Crippen LogP contribution is -2.59. The predicted octanol–water partition coefficient (Wildman–Crippen LogP) is 4.82. The normalized spacial score (nSPS) is 34.3. The Balaban J connectivity index is 2.11. The van der Waals surface area contributed by atoms with Crippen LogP contribution in [0.4, 0.5) is 0 Å². The van der Waals surface area contributed by atoms with E-state index >= 15 is 0 Å². The molecule has 1 saturated heterocycles. The number of aliphatic hydroxyl groups excluding tert-OH is 5. The largest absolute Gasteiger partial charge is 0.461 e. The molecule has 0 bridgehead atoms. The van der Waals surface area contributed by atoms with Crippen LogP contribution in [-0.4, -0.2) is 125 Å². The fourth-order valence-electron chi connectivity index (χ4n) is 6.31. The van der Waals surface area contributed by atoms with Crippen LogP contribution in [0.1, 0.15) is 61.3 Å². The molecule has 0 aromatic heterocycles. The molecule has 2 aliphatic rings. The van der Waals surface area contributed by atoms with E-state index in [1.54, 1.807) is 121 Å². The number of hydrogen-bond donors (Lipinski definition) is 5. The van der Waals surface area contributed by atoms with Crippen molar-refractivity contribution in [3.8, 4) is 0 Å². The first kappa shape index (κ1) is 52.0. The summed E-state index contributed by atoms with van der Waals surface area (Å²) in [5.41, 5.74) is 1.59. The van der Waals surface area contributed by atoms with E-state index < -0.39 is 90.9 Å². The molecule has 2 aliphatic heterocycles. The number of cyclic esters (lactones) is 1. The van der Waals surface area contributed by atoms with Crippen molar-refractivity contribution in [2.24, 2.45) is 11.8 Å². The average Bonchev–Trinajstić information content (AvgIpc) is 3.21. The third-order valence-corrected chi connectivity index (χ3v) is 10.4. The molecule has 0 radical (unpaired) electrons. The van der Waals surface area contributed by atoms with Gasteiger partial charge in [0, 0.05) is 32.5 Å². The minimum absolute atomic E-state index is 0.130. The number of ether oxygens (including phenoxy) is 5. The minimum atomic E-state index is -1.33. The van der Waals surface area contributed by atoms with Crippen molar-refractivity contribution < 1.29 is 63.6 Å². The van der Waals surface area contributed by atoms with Crippen LogP contribution in [0.15, 0.2) is 120 Å². The number of rotatable bonds is 13. The van der Waals surface area contributed by atoms with Crippen molar-refractivity contribution in [2.75, 3.05) is 14.2 Å². The number of aliphatic hydroxyl groups is 5. The van der Waals surface area contributed by atoms with Gasteiger partial charge in [-0.1, -0.05) is 104 Å². The quantitative estimate of drug-likeness (QED) is 0.0734. The lowest BCUT2D eigenvalue weighted by molar-refractivity contribution is -0.314. The number of methoxy groups -OCH3 is 2. The molecular formula is C47H66O13. The monoisotopic (exact) mass is 838 g/mol. The zero-order valence-corrected chi connectivity index (χ0v) is 36.2. The van der Waals surface area contributed by atoms with Gasteiger partial charge in [-0.2, -0.15) is 0 Å². The van der Waals surface area contributed by atoms with Gasteiger partial charge in [0.05, 0.1) is 36.9 Å². The summed E-state index contributed by atoms with van der Waals surface area (Å²) >= 11 is 0. The van der Waals surface area contributed by atoms with Gasteiger partial charge in [0.2, 0.25) is 0 Å². The number of ketones is 2. The number of carbonyl (C=O) groups excluding carboxylic acids is 3. The lowest BCUT2D eigenvalue weighted by Gasteiger charge is -2.43. The van der Waals surface area contributed by atoms with E-state index in [-0.39, 0.29) is 18.6 Å². The summed E-state index contributed by atoms with van der Waals surface area (Å²) in [7, 11) is 2.90. The Morgan fingerprint density at radius 2 is 1.55 bits per heavy atom. The molecule has 0 spiro atoms. The third kappa shape index (κ3) is 17.1. The molecule has 0 amide bonds. The first-order valence-corrected chi connectivity index (χ1v) is 20.2. The summed E-state index contributed by atoms with van der Waals surface area (Å²) in [4.78, 5) is 38.7. The number of hydrogen-bond acceptors (Lipinski definition) is 13. The summed E-state index contributed by atoms with van der Waals surface area (Å²) in [6, 6.07) is 0. The van der Waals surface area contributed by atoms with Crippen LogP contribution in [0.25, 0.3) is 0 Å². The maximum Gasteiger partial charge on any atom is 0.309 e. The van der Waals surface area contributed by atoms with Crippen molar-refractivity contribution in [1.82, 2.24) is 0 Å². The average molecular weight is 839 g/mol. The molecule has 13 nitrogen and oxygen atoms in total. The molecule has 13 atom stereocenters. The molecule has 5 N–H and O–H groups in total. The van der Waals surface area contributed by atoms with Crippen LogP contribution in [0.5, 0.6) is 0 Å². The number of esters is 1. The molecule has 0 saturated carbocycles. The van der Waals surface area contributed by atoms with E-state index in [9.17, 15) is 39.9 Å². The molecule has 2 rings (SSSR count). The van der Waals surface area contributed by atoms with Crippen LogP contribution < -0.4 is 0 Å². The summed E-state index contributed by atoms with van der Waals surface area (Å²) in [5.74, 6) is -2.90. The molecule has 1 fully saturated rings. The maximum atomic E-state index is 13.1. The Morgan fingerprint density at radius 3 is 2.23 bits per heavy atom. The van der Waals surface area contributed by atoms with Gasteiger partial charge in [-0.25, -0.2) is 0 Å². The molecule has 0 aromatic rings. The van der Waals surface area contributed by atoms with Crippen LogP contribution in [-0.2, 0) is 38.1 Å².